The molecule has 1 aromatic carbocycles. The summed E-state index contributed by atoms with van der Waals surface area (Å²) in [7, 11) is 0. The van der Waals surface area contributed by atoms with Crippen molar-refractivity contribution in [2.45, 2.75) is 51.2 Å². The van der Waals surface area contributed by atoms with Gasteiger partial charge in [-0.05, 0) is 38.3 Å². The summed E-state index contributed by atoms with van der Waals surface area (Å²) < 4.78 is 16.1. The van der Waals surface area contributed by atoms with Crippen molar-refractivity contribution < 1.29 is 9.18 Å². The summed E-state index contributed by atoms with van der Waals surface area (Å²) in [6, 6.07) is 6.01. The smallest absolute Gasteiger partial charge is 0.244 e. The van der Waals surface area contributed by atoms with Gasteiger partial charge in [-0.3, -0.25) is 10.1 Å². The molecular weight excluding hydrogens is 321 g/mol. The SMILES string of the molecule is C[C@H](N[C@@H]1CCN(c2ccccc2F)C1=O)c1nnc2n1CCCC2. The monoisotopic (exact) mass is 343 g/mol. The van der Waals surface area contributed by atoms with E-state index >= 15 is 0 Å². The van der Waals surface area contributed by atoms with Crippen LogP contribution < -0.4 is 10.2 Å². The quantitative estimate of drug-likeness (QED) is 0.924. The number of para-hydroxylation sites is 1. The number of fused-ring (bicyclic) bond motifs is 1. The van der Waals surface area contributed by atoms with Gasteiger partial charge in [-0.15, -0.1) is 10.2 Å². The molecule has 1 N–H and O–H groups in total. The Balaban J connectivity index is 1.48. The number of anilines is 1. The van der Waals surface area contributed by atoms with Gasteiger partial charge in [-0.2, -0.15) is 0 Å². The number of aryl methyl sites for hydroxylation is 1. The standard InChI is InChI=1S/C18H22FN5O/c1-12(17-22-21-16-8-4-5-10-24(16)17)20-14-9-11-23(18(14)25)15-7-3-2-6-13(15)19/h2-3,6-7,12,14,20H,4-5,8-11H2,1H3/t12-,14+/m0/s1. The van der Waals surface area contributed by atoms with E-state index in [0.29, 0.717) is 18.7 Å². The van der Waals surface area contributed by atoms with Crippen LogP contribution in [0.4, 0.5) is 10.1 Å². The molecular formula is C18H22FN5O. The lowest BCUT2D eigenvalue weighted by Crippen LogP contribution is -2.40. The molecule has 1 amide bonds. The molecule has 132 valence electrons. The van der Waals surface area contributed by atoms with Crippen molar-refractivity contribution in [3.05, 3.63) is 41.7 Å². The van der Waals surface area contributed by atoms with E-state index in [0.717, 1.165) is 37.5 Å². The first-order valence-electron chi connectivity index (χ1n) is 8.89. The molecule has 25 heavy (non-hydrogen) atoms. The fourth-order valence-electron chi connectivity index (χ4n) is 3.77. The van der Waals surface area contributed by atoms with Crippen molar-refractivity contribution in [2.24, 2.45) is 0 Å². The third kappa shape index (κ3) is 2.93. The normalized spacial score (nSPS) is 21.4. The number of amides is 1. The van der Waals surface area contributed by atoms with Gasteiger partial charge < -0.3 is 9.47 Å². The lowest BCUT2D eigenvalue weighted by Gasteiger charge is -2.22. The molecule has 0 unspecified atom stereocenters. The van der Waals surface area contributed by atoms with Crippen LogP contribution in [0.2, 0.25) is 0 Å². The third-order valence-corrected chi connectivity index (χ3v) is 5.08. The summed E-state index contributed by atoms with van der Waals surface area (Å²) in [5.41, 5.74) is 0.351. The van der Waals surface area contributed by atoms with Crippen molar-refractivity contribution in [1.29, 1.82) is 0 Å². The van der Waals surface area contributed by atoms with Gasteiger partial charge in [-0.25, -0.2) is 4.39 Å². The van der Waals surface area contributed by atoms with Crippen molar-refractivity contribution in [1.82, 2.24) is 20.1 Å². The maximum absolute atomic E-state index is 14.0. The molecule has 2 aliphatic heterocycles. The Labute approximate surface area is 146 Å². The fraction of sp³-hybridized carbons (Fsp3) is 0.500. The number of nitrogens with one attached hydrogen (secondary N) is 1. The predicted molar refractivity (Wildman–Crippen MR) is 91.7 cm³/mol. The van der Waals surface area contributed by atoms with E-state index in [1.807, 2.05) is 6.92 Å². The van der Waals surface area contributed by atoms with Crippen LogP contribution >= 0.6 is 0 Å². The summed E-state index contributed by atoms with van der Waals surface area (Å²) in [4.78, 5) is 14.2. The van der Waals surface area contributed by atoms with Crippen molar-refractivity contribution in [2.75, 3.05) is 11.4 Å². The van der Waals surface area contributed by atoms with Crippen LogP contribution in [0.3, 0.4) is 0 Å². The Bertz CT molecular complexity index is 790. The summed E-state index contributed by atoms with van der Waals surface area (Å²) in [6.07, 6.45) is 3.90. The topological polar surface area (TPSA) is 63.1 Å². The third-order valence-electron chi connectivity index (χ3n) is 5.08. The Kier molecular flexibility index (Phi) is 4.25. The number of hydrogen-bond donors (Lipinski definition) is 1. The van der Waals surface area contributed by atoms with Crippen LogP contribution in [-0.2, 0) is 17.8 Å². The van der Waals surface area contributed by atoms with E-state index in [9.17, 15) is 9.18 Å². The zero-order chi connectivity index (χ0) is 17.4. The molecule has 7 heteroatoms. The van der Waals surface area contributed by atoms with Gasteiger partial charge in [0.05, 0.1) is 17.8 Å². The maximum Gasteiger partial charge on any atom is 0.244 e. The van der Waals surface area contributed by atoms with Crippen molar-refractivity contribution in [3.63, 3.8) is 0 Å². The number of halogens is 1. The summed E-state index contributed by atoms with van der Waals surface area (Å²) >= 11 is 0. The zero-order valence-corrected chi connectivity index (χ0v) is 14.3. The summed E-state index contributed by atoms with van der Waals surface area (Å²) in [6.45, 7) is 3.46. The molecule has 0 spiro atoms. The molecule has 1 saturated heterocycles. The molecule has 0 radical (unpaired) electrons. The predicted octanol–water partition coefficient (Wildman–Crippen LogP) is 2.21. The minimum Gasteiger partial charge on any atom is -0.314 e. The highest BCUT2D eigenvalue weighted by Gasteiger charge is 2.35. The fourth-order valence-corrected chi connectivity index (χ4v) is 3.77. The first-order valence-corrected chi connectivity index (χ1v) is 8.89. The molecule has 1 aromatic heterocycles. The van der Waals surface area contributed by atoms with E-state index in [-0.39, 0.29) is 23.8 Å². The average Bonchev–Trinajstić information content (AvgIpc) is 3.20. The highest BCUT2D eigenvalue weighted by molar-refractivity contribution is 5.99. The van der Waals surface area contributed by atoms with E-state index in [2.05, 4.69) is 20.1 Å². The van der Waals surface area contributed by atoms with Gasteiger partial charge in [-0.1, -0.05) is 12.1 Å². The molecule has 0 bridgehead atoms. The Morgan fingerprint density at radius 2 is 2.08 bits per heavy atom. The Morgan fingerprint density at radius 3 is 2.92 bits per heavy atom. The second kappa shape index (κ2) is 6.55. The van der Waals surface area contributed by atoms with Gasteiger partial charge >= 0.3 is 0 Å². The molecule has 0 saturated carbocycles. The maximum atomic E-state index is 14.0. The van der Waals surface area contributed by atoms with Crippen molar-refractivity contribution in [3.8, 4) is 0 Å². The molecule has 0 aliphatic carbocycles. The molecule has 1 fully saturated rings. The number of carbonyl (C=O) groups excluding carboxylic acids is 1. The van der Waals surface area contributed by atoms with Crippen LogP contribution in [0.1, 0.15) is 43.9 Å². The highest BCUT2D eigenvalue weighted by atomic mass is 19.1. The van der Waals surface area contributed by atoms with E-state index < -0.39 is 0 Å². The van der Waals surface area contributed by atoms with Crippen LogP contribution in [0, 0.1) is 5.82 Å². The second-order valence-corrected chi connectivity index (χ2v) is 6.75. The minimum absolute atomic E-state index is 0.0751. The number of nitrogens with zero attached hydrogens (tertiary/aromatic N) is 4. The van der Waals surface area contributed by atoms with E-state index in [4.69, 9.17) is 0 Å². The highest BCUT2D eigenvalue weighted by Crippen LogP contribution is 2.26. The number of carbonyl (C=O) groups is 1. The largest absolute Gasteiger partial charge is 0.314 e. The Morgan fingerprint density at radius 1 is 1.24 bits per heavy atom. The lowest BCUT2D eigenvalue weighted by molar-refractivity contribution is -0.119. The van der Waals surface area contributed by atoms with E-state index in [1.54, 1.807) is 18.2 Å². The van der Waals surface area contributed by atoms with Crippen molar-refractivity contribution >= 4 is 11.6 Å². The summed E-state index contributed by atoms with van der Waals surface area (Å²) in [5, 5.41) is 12.0. The molecule has 6 nitrogen and oxygen atoms in total. The van der Waals surface area contributed by atoms with Gasteiger partial charge in [0, 0.05) is 19.5 Å². The average molecular weight is 343 g/mol. The van der Waals surface area contributed by atoms with Gasteiger partial charge in [0.25, 0.3) is 0 Å². The van der Waals surface area contributed by atoms with Crippen LogP contribution in [0.5, 0.6) is 0 Å². The molecule has 3 heterocycles. The minimum atomic E-state index is -0.365. The first kappa shape index (κ1) is 16.2. The van der Waals surface area contributed by atoms with Gasteiger partial charge in [0.2, 0.25) is 5.91 Å². The second-order valence-electron chi connectivity index (χ2n) is 6.75. The molecule has 2 aromatic rings. The lowest BCUT2D eigenvalue weighted by atomic mass is 10.1. The number of benzene rings is 1. The molecule has 2 atom stereocenters. The number of rotatable bonds is 4. The molecule has 4 rings (SSSR count). The summed E-state index contributed by atoms with van der Waals surface area (Å²) in [5.74, 6) is 1.46. The van der Waals surface area contributed by atoms with Gasteiger partial charge in [0.15, 0.2) is 0 Å². The molecule has 2 aliphatic rings. The first-order chi connectivity index (χ1) is 12.1. The number of hydrogen-bond acceptors (Lipinski definition) is 4. The number of aromatic nitrogens is 3. The zero-order valence-electron chi connectivity index (χ0n) is 14.3. The van der Waals surface area contributed by atoms with Crippen LogP contribution in [-0.4, -0.2) is 33.3 Å². The Hall–Kier alpha value is -2.28. The van der Waals surface area contributed by atoms with E-state index in [1.165, 1.54) is 11.0 Å². The van der Waals surface area contributed by atoms with Gasteiger partial charge in [0.1, 0.15) is 17.5 Å². The van der Waals surface area contributed by atoms with Crippen LogP contribution in [0.15, 0.2) is 24.3 Å². The van der Waals surface area contributed by atoms with Crippen LogP contribution in [0.25, 0.3) is 0 Å².